The molecule has 3 N–H and O–H groups in total. The molecule has 0 radical (unpaired) electrons. The highest BCUT2D eigenvalue weighted by atomic mass is 16.3. The van der Waals surface area contributed by atoms with E-state index in [1.54, 1.807) is 32.3 Å². The maximum atomic E-state index is 12.1. The number of carbonyl (C=O) groups excluding carboxylic acids is 1. The predicted molar refractivity (Wildman–Crippen MR) is 101 cm³/mol. The van der Waals surface area contributed by atoms with Crippen LogP contribution < -0.4 is 21.5 Å². The highest BCUT2D eigenvalue weighted by Gasteiger charge is 2.23. The van der Waals surface area contributed by atoms with Crippen molar-refractivity contribution >= 4 is 23.0 Å². The number of amides is 1. The van der Waals surface area contributed by atoms with E-state index in [4.69, 9.17) is 4.42 Å². The third kappa shape index (κ3) is 3.04. The molecule has 0 aliphatic heterocycles. The number of phenols is 1. The zero-order valence-electron chi connectivity index (χ0n) is 14.2. The van der Waals surface area contributed by atoms with E-state index in [0.29, 0.717) is 5.76 Å². The van der Waals surface area contributed by atoms with Crippen molar-refractivity contribution in [1.29, 1.82) is 0 Å². The lowest BCUT2D eigenvalue weighted by Gasteiger charge is -2.17. The molecule has 1 amide bonds. The van der Waals surface area contributed by atoms with Gasteiger partial charge < -0.3 is 25.1 Å². The Balaban J connectivity index is 0.00000196. The molecule has 2 aromatic carbocycles. The minimum atomic E-state index is -0.698. The Hall–Kier alpha value is -3.55. The number of furan rings is 1. The molecule has 1 aromatic heterocycles. The second-order valence-corrected chi connectivity index (χ2v) is 5.87. The minimum absolute atomic E-state index is 0. The Morgan fingerprint density at radius 2 is 1.88 bits per heavy atom. The van der Waals surface area contributed by atoms with Crippen LogP contribution in [0.5, 0.6) is 5.75 Å². The summed E-state index contributed by atoms with van der Waals surface area (Å²) in [4.78, 5) is 37.1. The molecule has 0 saturated carbocycles. The number of aromatic hydroxyl groups is 1. The Bertz CT molecular complexity index is 1020. The lowest BCUT2D eigenvalue weighted by atomic mass is 10.1. The van der Waals surface area contributed by atoms with Crippen LogP contribution in [0.2, 0.25) is 0 Å². The summed E-state index contributed by atoms with van der Waals surface area (Å²) in [7, 11) is 3.13. The van der Waals surface area contributed by atoms with Gasteiger partial charge in [0.15, 0.2) is 5.75 Å². The van der Waals surface area contributed by atoms with Crippen molar-refractivity contribution in [2.75, 3.05) is 24.7 Å². The number of hydrogen-bond donors (Lipinski definition) is 3. The van der Waals surface area contributed by atoms with Crippen LogP contribution in [0.1, 0.15) is 19.0 Å². The SMILES string of the molecule is CN(C)C(=O)c1cccc(Nc2c(NCc3ccco3)c(=O)c2=O)c1O.[HH].[HH]. The molecule has 0 spiro atoms. The molecule has 0 aliphatic rings. The van der Waals surface area contributed by atoms with Gasteiger partial charge in [-0.1, -0.05) is 6.07 Å². The molecule has 0 fully saturated rings. The minimum Gasteiger partial charge on any atom is -0.505 e. The maximum Gasteiger partial charge on any atom is 0.257 e. The van der Waals surface area contributed by atoms with Gasteiger partial charge in [0, 0.05) is 16.9 Å². The lowest BCUT2D eigenvalue weighted by molar-refractivity contribution is 0.0824. The van der Waals surface area contributed by atoms with Gasteiger partial charge >= 0.3 is 0 Å². The fourth-order valence-electron chi connectivity index (χ4n) is 2.46. The summed E-state index contributed by atoms with van der Waals surface area (Å²) in [5, 5.41) is 15.9. The first-order chi connectivity index (χ1) is 12.4. The van der Waals surface area contributed by atoms with Crippen molar-refractivity contribution in [3.63, 3.8) is 0 Å². The standard InChI is InChI=1S/C18H17N3O5.2H2/c1-21(2)18(25)11-6-3-7-12(15(11)22)20-14-13(16(23)17(14)24)19-9-10-5-4-8-26-10;;/h3-8,19-20,22H,9H2,1-2H3;2*1H. The van der Waals surface area contributed by atoms with E-state index in [1.807, 2.05) is 0 Å². The molecule has 0 atom stereocenters. The van der Waals surface area contributed by atoms with E-state index in [1.165, 1.54) is 23.3 Å². The van der Waals surface area contributed by atoms with Gasteiger partial charge in [-0.15, -0.1) is 0 Å². The van der Waals surface area contributed by atoms with E-state index < -0.39 is 10.9 Å². The summed E-state index contributed by atoms with van der Waals surface area (Å²) >= 11 is 0. The van der Waals surface area contributed by atoms with Crippen molar-refractivity contribution in [3.8, 4) is 5.75 Å². The highest BCUT2D eigenvalue weighted by Crippen LogP contribution is 2.32. The van der Waals surface area contributed by atoms with Gasteiger partial charge in [-0.2, -0.15) is 0 Å². The molecule has 0 bridgehead atoms. The summed E-state index contributed by atoms with van der Waals surface area (Å²) in [6.45, 7) is 0.234. The van der Waals surface area contributed by atoms with Crippen LogP contribution >= 0.6 is 0 Å². The van der Waals surface area contributed by atoms with Crippen LogP contribution in [0.4, 0.5) is 17.1 Å². The molecule has 8 heteroatoms. The van der Waals surface area contributed by atoms with Crippen LogP contribution in [-0.2, 0) is 6.54 Å². The van der Waals surface area contributed by atoms with E-state index in [-0.39, 0.29) is 43.7 Å². The zero-order chi connectivity index (χ0) is 18.8. The van der Waals surface area contributed by atoms with E-state index in [9.17, 15) is 19.5 Å². The summed E-state index contributed by atoms with van der Waals surface area (Å²) in [6.07, 6.45) is 1.50. The fraction of sp³-hybridized carbons (Fsp3) is 0.167. The quantitative estimate of drug-likeness (QED) is 0.456. The second-order valence-electron chi connectivity index (χ2n) is 5.87. The molecule has 3 aromatic rings. The largest absolute Gasteiger partial charge is 0.505 e. The van der Waals surface area contributed by atoms with Crippen LogP contribution in [0.3, 0.4) is 0 Å². The predicted octanol–water partition coefficient (Wildman–Crippen LogP) is 2.13. The van der Waals surface area contributed by atoms with Gasteiger partial charge in [0.25, 0.3) is 16.8 Å². The van der Waals surface area contributed by atoms with E-state index in [2.05, 4.69) is 10.6 Å². The number of phenolic OH excluding ortho intramolecular Hbond substituents is 1. The van der Waals surface area contributed by atoms with Gasteiger partial charge in [0.05, 0.1) is 24.1 Å². The molecule has 26 heavy (non-hydrogen) atoms. The second kappa shape index (κ2) is 6.75. The zero-order valence-corrected chi connectivity index (χ0v) is 14.2. The van der Waals surface area contributed by atoms with Gasteiger partial charge in [-0.3, -0.25) is 14.4 Å². The number of carbonyl (C=O) groups is 1. The first-order valence-electron chi connectivity index (χ1n) is 7.80. The Morgan fingerprint density at radius 1 is 1.15 bits per heavy atom. The number of nitrogens with zero attached hydrogens (tertiary/aromatic N) is 1. The first-order valence-corrected chi connectivity index (χ1v) is 7.80. The summed E-state index contributed by atoms with van der Waals surface area (Å²) < 4.78 is 5.17. The number of para-hydroxylation sites is 1. The molecule has 8 nitrogen and oxygen atoms in total. The van der Waals surface area contributed by atoms with E-state index >= 15 is 0 Å². The van der Waals surface area contributed by atoms with Gasteiger partial charge in [-0.05, 0) is 24.3 Å². The van der Waals surface area contributed by atoms with Gasteiger partial charge in [0.1, 0.15) is 17.1 Å². The first kappa shape index (κ1) is 17.3. The van der Waals surface area contributed by atoms with Crippen molar-refractivity contribution in [3.05, 3.63) is 68.4 Å². The molecule has 3 rings (SSSR count). The molecular formula is C18H21N3O5. The summed E-state index contributed by atoms with van der Waals surface area (Å²) in [5.41, 5.74) is -0.967. The lowest BCUT2D eigenvalue weighted by Crippen LogP contribution is -2.36. The molecule has 1 heterocycles. The topological polar surface area (TPSA) is 112 Å². The molecule has 138 valence electrons. The molecular weight excluding hydrogens is 338 g/mol. The monoisotopic (exact) mass is 359 g/mol. The number of benzene rings is 1. The van der Waals surface area contributed by atoms with Crippen molar-refractivity contribution < 1.29 is 17.2 Å². The summed E-state index contributed by atoms with van der Waals surface area (Å²) in [5.74, 6) is -0.0750. The normalized spacial score (nSPS) is 10.7. The number of nitrogens with one attached hydrogen (secondary N) is 2. The average Bonchev–Trinajstić information content (AvgIpc) is 3.14. The Kier molecular flexibility index (Phi) is 4.49. The summed E-state index contributed by atoms with van der Waals surface area (Å²) in [6, 6.07) is 7.99. The van der Waals surface area contributed by atoms with E-state index in [0.717, 1.165) is 0 Å². The third-order valence-corrected chi connectivity index (χ3v) is 3.86. The third-order valence-electron chi connectivity index (χ3n) is 3.86. The number of rotatable bonds is 6. The average molecular weight is 359 g/mol. The number of anilines is 3. The van der Waals surface area contributed by atoms with Crippen molar-refractivity contribution in [2.45, 2.75) is 6.54 Å². The van der Waals surface area contributed by atoms with Gasteiger partial charge in [-0.25, -0.2) is 0 Å². The maximum absolute atomic E-state index is 12.1. The smallest absolute Gasteiger partial charge is 0.257 e. The van der Waals surface area contributed by atoms with Crippen molar-refractivity contribution in [2.24, 2.45) is 0 Å². The molecule has 0 aliphatic carbocycles. The highest BCUT2D eigenvalue weighted by molar-refractivity contribution is 5.99. The number of hydrogen-bond acceptors (Lipinski definition) is 7. The fourth-order valence-corrected chi connectivity index (χ4v) is 2.46. The van der Waals surface area contributed by atoms with Crippen LogP contribution in [0, 0.1) is 0 Å². The van der Waals surface area contributed by atoms with Crippen LogP contribution in [-0.4, -0.2) is 30.0 Å². The van der Waals surface area contributed by atoms with Crippen molar-refractivity contribution in [1.82, 2.24) is 4.90 Å². The van der Waals surface area contributed by atoms with Crippen LogP contribution in [0.15, 0.2) is 50.6 Å². The Morgan fingerprint density at radius 3 is 2.54 bits per heavy atom. The Labute approximate surface area is 151 Å². The van der Waals surface area contributed by atoms with Crippen LogP contribution in [0.25, 0.3) is 0 Å². The van der Waals surface area contributed by atoms with Gasteiger partial charge in [0.2, 0.25) is 0 Å². The molecule has 0 saturated heterocycles. The molecule has 0 unspecified atom stereocenters.